The number of rotatable bonds is 2. The maximum Gasteiger partial charge on any atom is 0.311 e. The quantitative estimate of drug-likeness (QED) is 0.604. The molecule has 0 aromatic heterocycles. The zero-order valence-corrected chi connectivity index (χ0v) is 7.79. The Kier molecular flexibility index (Phi) is 2.51. The van der Waals surface area contributed by atoms with Gasteiger partial charge in [-0.25, -0.2) is 0 Å². The highest BCUT2D eigenvalue weighted by Gasteiger charge is 2.44. The average molecular weight is 185 g/mol. The van der Waals surface area contributed by atoms with Crippen molar-refractivity contribution < 1.29 is 14.3 Å². The minimum atomic E-state index is -0.0984. The van der Waals surface area contributed by atoms with Crippen molar-refractivity contribution in [3.63, 3.8) is 0 Å². The van der Waals surface area contributed by atoms with E-state index in [0.29, 0.717) is 19.1 Å². The molecule has 2 saturated heterocycles. The van der Waals surface area contributed by atoms with Gasteiger partial charge >= 0.3 is 5.97 Å². The summed E-state index contributed by atoms with van der Waals surface area (Å²) in [6.45, 7) is 4.59. The van der Waals surface area contributed by atoms with Gasteiger partial charge in [-0.1, -0.05) is 0 Å². The molecule has 2 fully saturated rings. The second kappa shape index (κ2) is 3.64. The predicted molar refractivity (Wildman–Crippen MR) is 46.2 cm³/mol. The summed E-state index contributed by atoms with van der Waals surface area (Å²) in [7, 11) is 0. The number of carbonyl (C=O) groups excluding carboxylic acids is 1. The topological polar surface area (TPSA) is 47.6 Å². The van der Waals surface area contributed by atoms with Crippen molar-refractivity contribution >= 4 is 5.97 Å². The summed E-state index contributed by atoms with van der Waals surface area (Å²) in [6, 6.07) is 0. The molecule has 4 heteroatoms. The molecule has 1 N–H and O–H groups in total. The molecule has 2 aliphatic rings. The standard InChI is InChI=1S/C9H15NO3/c1-2-12-9(11)7-5-13-8-4-10-3-6(7)8/h6-8,10H,2-5H2,1H3/t6-,7-,8-/m1/s1. The van der Waals surface area contributed by atoms with Crippen LogP contribution in [-0.4, -0.2) is 38.4 Å². The molecule has 0 unspecified atom stereocenters. The molecule has 4 nitrogen and oxygen atoms in total. The number of ether oxygens (including phenoxy) is 2. The first-order valence-electron chi connectivity index (χ1n) is 4.82. The summed E-state index contributed by atoms with van der Waals surface area (Å²) in [5.74, 6) is 0.192. The minimum absolute atomic E-state index is 0.0417. The van der Waals surface area contributed by atoms with E-state index in [1.54, 1.807) is 0 Å². The molecule has 2 heterocycles. The minimum Gasteiger partial charge on any atom is -0.466 e. The van der Waals surface area contributed by atoms with Crippen molar-refractivity contribution in [1.29, 1.82) is 0 Å². The lowest BCUT2D eigenvalue weighted by molar-refractivity contribution is -0.149. The average Bonchev–Trinajstić information content (AvgIpc) is 2.62. The van der Waals surface area contributed by atoms with Gasteiger partial charge in [-0.3, -0.25) is 4.79 Å². The molecule has 0 radical (unpaired) electrons. The molecule has 0 aromatic rings. The molecule has 0 aromatic carbocycles. The van der Waals surface area contributed by atoms with Crippen LogP contribution in [0.3, 0.4) is 0 Å². The van der Waals surface area contributed by atoms with Crippen molar-refractivity contribution in [2.24, 2.45) is 11.8 Å². The zero-order valence-electron chi connectivity index (χ0n) is 7.79. The molecule has 13 heavy (non-hydrogen) atoms. The Balaban J connectivity index is 1.96. The normalized spacial score (nSPS) is 37.5. The second-order valence-electron chi connectivity index (χ2n) is 3.55. The molecule has 3 atom stereocenters. The van der Waals surface area contributed by atoms with Crippen LogP contribution < -0.4 is 5.32 Å². The highest BCUT2D eigenvalue weighted by atomic mass is 16.5. The largest absolute Gasteiger partial charge is 0.466 e. The van der Waals surface area contributed by atoms with E-state index in [4.69, 9.17) is 9.47 Å². The third-order valence-electron chi connectivity index (χ3n) is 2.80. The van der Waals surface area contributed by atoms with Crippen LogP contribution in [0.5, 0.6) is 0 Å². The smallest absolute Gasteiger partial charge is 0.311 e. The fourth-order valence-electron chi connectivity index (χ4n) is 2.10. The van der Waals surface area contributed by atoms with Crippen LogP contribution in [-0.2, 0) is 14.3 Å². The van der Waals surface area contributed by atoms with Crippen LogP contribution in [0.4, 0.5) is 0 Å². The molecular weight excluding hydrogens is 170 g/mol. The van der Waals surface area contributed by atoms with Gasteiger partial charge in [-0.15, -0.1) is 0 Å². The Morgan fingerprint density at radius 1 is 1.62 bits per heavy atom. The van der Waals surface area contributed by atoms with E-state index in [2.05, 4.69) is 5.32 Å². The number of hydrogen-bond acceptors (Lipinski definition) is 4. The molecular formula is C9H15NO3. The number of fused-ring (bicyclic) bond motifs is 1. The number of nitrogens with one attached hydrogen (secondary N) is 1. The Hall–Kier alpha value is -0.610. The first-order chi connectivity index (χ1) is 6.33. The first-order valence-corrected chi connectivity index (χ1v) is 4.82. The van der Waals surface area contributed by atoms with E-state index < -0.39 is 0 Å². The highest BCUT2D eigenvalue weighted by Crippen LogP contribution is 2.30. The monoisotopic (exact) mass is 185 g/mol. The van der Waals surface area contributed by atoms with Gasteiger partial charge in [0, 0.05) is 19.0 Å². The van der Waals surface area contributed by atoms with Crippen LogP contribution in [0.2, 0.25) is 0 Å². The maximum atomic E-state index is 11.5. The third-order valence-corrected chi connectivity index (χ3v) is 2.80. The fraction of sp³-hybridized carbons (Fsp3) is 0.889. The lowest BCUT2D eigenvalue weighted by atomic mass is 9.93. The summed E-state index contributed by atoms with van der Waals surface area (Å²) in [5.41, 5.74) is 0. The summed E-state index contributed by atoms with van der Waals surface area (Å²) in [5, 5.41) is 3.22. The Morgan fingerprint density at radius 3 is 3.23 bits per heavy atom. The number of esters is 1. The van der Waals surface area contributed by atoms with Crippen LogP contribution in [0.25, 0.3) is 0 Å². The summed E-state index contributed by atoms with van der Waals surface area (Å²) in [6.07, 6.45) is 0.231. The van der Waals surface area contributed by atoms with Gasteiger partial charge < -0.3 is 14.8 Å². The van der Waals surface area contributed by atoms with Gasteiger partial charge in [0.05, 0.1) is 25.2 Å². The number of carbonyl (C=O) groups is 1. The van der Waals surface area contributed by atoms with Crippen molar-refractivity contribution in [3.05, 3.63) is 0 Å². The summed E-state index contributed by atoms with van der Waals surface area (Å²) in [4.78, 5) is 11.5. The van der Waals surface area contributed by atoms with Gasteiger partial charge in [0.25, 0.3) is 0 Å². The molecule has 2 aliphatic heterocycles. The molecule has 0 spiro atoms. The molecule has 0 amide bonds. The van der Waals surface area contributed by atoms with E-state index in [-0.39, 0.29) is 18.0 Å². The Labute approximate surface area is 77.6 Å². The molecule has 0 saturated carbocycles. The van der Waals surface area contributed by atoms with Gasteiger partial charge in [-0.2, -0.15) is 0 Å². The highest BCUT2D eigenvalue weighted by molar-refractivity contribution is 5.73. The first kappa shape index (κ1) is 8.97. The van der Waals surface area contributed by atoms with E-state index in [1.165, 1.54) is 0 Å². The van der Waals surface area contributed by atoms with E-state index in [1.807, 2.05) is 6.92 Å². The number of hydrogen-bond donors (Lipinski definition) is 1. The second-order valence-corrected chi connectivity index (χ2v) is 3.55. The molecule has 0 bridgehead atoms. The molecule has 0 aliphatic carbocycles. The van der Waals surface area contributed by atoms with E-state index >= 15 is 0 Å². The lowest BCUT2D eigenvalue weighted by Gasteiger charge is -2.13. The van der Waals surface area contributed by atoms with Crippen LogP contribution in [0, 0.1) is 11.8 Å². The van der Waals surface area contributed by atoms with Crippen LogP contribution in [0.1, 0.15) is 6.92 Å². The van der Waals surface area contributed by atoms with Gasteiger partial charge in [-0.05, 0) is 6.92 Å². The molecule has 2 rings (SSSR count). The van der Waals surface area contributed by atoms with Crippen LogP contribution >= 0.6 is 0 Å². The Bertz CT molecular complexity index is 207. The predicted octanol–water partition coefficient (Wildman–Crippen LogP) is -0.216. The van der Waals surface area contributed by atoms with Gasteiger partial charge in [0.1, 0.15) is 0 Å². The van der Waals surface area contributed by atoms with Crippen molar-refractivity contribution in [3.8, 4) is 0 Å². The van der Waals surface area contributed by atoms with Gasteiger partial charge in [0.2, 0.25) is 0 Å². The Morgan fingerprint density at radius 2 is 2.46 bits per heavy atom. The molecule has 74 valence electrons. The van der Waals surface area contributed by atoms with Crippen molar-refractivity contribution in [2.45, 2.75) is 13.0 Å². The van der Waals surface area contributed by atoms with E-state index in [9.17, 15) is 4.79 Å². The third kappa shape index (κ3) is 1.56. The lowest BCUT2D eigenvalue weighted by Crippen LogP contribution is -2.27. The SMILES string of the molecule is CCOC(=O)[C@@H]1CO[C@@H]2CNC[C@@H]21. The van der Waals surface area contributed by atoms with Crippen molar-refractivity contribution in [2.75, 3.05) is 26.3 Å². The van der Waals surface area contributed by atoms with E-state index in [0.717, 1.165) is 13.1 Å². The maximum absolute atomic E-state index is 11.5. The fourth-order valence-corrected chi connectivity index (χ4v) is 2.10. The summed E-state index contributed by atoms with van der Waals surface area (Å²) < 4.78 is 10.5. The zero-order chi connectivity index (χ0) is 9.26. The van der Waals surface area contributed by atoms with Gasteiger partial charge in [0.15, 0.2) is 0 Å². The summed E-state index contributed by atoms with van der Waals surface area (Å²) >= 11 is 0. The van der Waals surface area contributed by atoms with Crippen molar-refractivity contribution in [1.82, 2.24) is 5.32 Å². The van der Waals surface area contributed by atoms with Crippen LogP contribution in [0.15, 0.2) is 0 Å².